The van der Waals surface area contributed by atoms with Gasteiger partial charge in [0.1, 0.15) is 24.7 Å². The number of carbonyl (C=O) groups is 3. The maximum absolute atomic E-state index is 13.8. The Morgan fingerprint density at radius 1 is 1.11 bits per heavy atom. The van der Waals surface area contributed by atoms with Crippen molar-refractivity contribution in [1.82, 2.24) is 10.2 Å². The zero-order valence-corrected chi connectivity index (χ0v) is 20.4. The highest BCUT2D eigenvalue weighted by Gasteiger charge is 2.35. The second-order valence-electron chi connectivity index (χ2n) is 7.78. The Balaban J connectivity index is 1.46. The quantitative estimate of drug-likeness (QED) is 0.320. The summed E-state index contributed by atoms with van der Waals surface area (Å²) in [6.45, 7) is -0.559. The third kappa shape index (κ3) is 5.89. The number of para-hydroxylation sites is 1. The van der Waals surface area contributed by atoms with Gasteiger partial charge in [-0.2, -0.15) is 5.26 Å². The number of anilines is 1. The molecule has 186 valence electrons. The van der Waals surface area contributed by atoms with Crippen molar-refractivity contribution in [2.24, 2.45) is 0 Å². The molecule has 1 heterocycles. The molecule has 8 nitrogen and oxygen atoms in total. The fraction of sp³-hybridized carbons (Fsp3) is 0.0769. The molecule has 3 aromatic rings. The number of imide groups is 1. The first kappa shape index (κ1) is 25.7. The van der Waals surface area contributed by atoms with Gasteiger partial charge in [-0.15, -0.1) is 0 Å². The molecule has 0 aliphatic carbocycles. The van der Waals surface area contributed by atoms with Crippen LogP contribution in [0.5, 0.6) is 5.75 Å². The lowest BCUT2D eigenvalue weighted by Crippen LogP contribution is -2.38. The predicted molar refractivity (Wildman–Crippen MR) is 135 cm³/mol. The second-order valence-corrected chi connectivity index (χ2v) is 8.59. The highest BCUT2D eigenvalue weighted by atomic mass is 35.5. The summed E-state index contributed by atoms with van der Waals surface area (Å²) in [5.74, 6) is -1.97. The van der Waals surface area contributed by atoms with E-state index in [2.05, 4.69) is 16.7 Å². The molecule has 1 aliphatic rings. The Morgan fingerprint density at radius 3 is 2.49 bits per heavy atom. The van der Waals surface area contributed by atoms with Gasteiger partial charge in [0, 0.05) is 5.56 Å². The second kappa shape index (κ2) is 11.1. The zero-order valence-electron chi connectivity index (χ0n) is 18.9. The average molecular weight is 539 g/mol. The molecule has 4 rings (SSSR count). The third-order valence-corrected chi connectivity index (χ3v) is 5.81. The minimum absolute atomic E-state index is 0.0576. The standard InChI is InChI=1S/C26H17Cl2FN4O4/c27-18-9-15(10-19(28)24(18)37-14-17-6-2-1-5-16(17)12-30)11-22-25(35)33(26(36)32-22)13-23(34)31-21-8-4-3-7-20(21)29/h1-11H,13-14H2,(H,31,34)(H,32,36)/b22-11+. The molecule has 1 aliphatic heterocycles. The van der Waals surface area contributed by atoms with Gasteiger partial charge in [0.05, 0.1) is 27.4 Å². The molecule has 0 aromatic heterocycles. The first-order chi connectivity index (χ1) is 17.8. The molecule has 11 heteroatoms. The maximum Gasteiger partial charge on any atom is 0.329 e. The van der Waals surface area contributed by atoms with Crippen LogP contribution in [0.15, 0.2) is 66.4 Å². The molecule has 0 radical (unpaired) electrons. The van der Waals surface area contributed by atoms with E-state index in [0.717, 1.165) is 0 Å². The number of ether oxygens (including phenoxy) is 1. The van der Waals surface area contributed by atoms with Crippen LogP contribution in [-0.4, -0.2) is 29.3 Å². The monoisotopic (exact) mass is 538 g/mol. The Morgan fingerprint density at radius 2 is 1.78 bits per heavy atom. The SMILES string of the molecule is N#Cc1ccccc1COc1c(Cl)cc(/C=C2/NC(=O)N(CC(=O)Nc3ccccc3F)C2=O)cc1Cl. The maximum atomic E-state index is 13.8. The molecule has 1 saturated heterocycles. The van der Waals surface area contributed by atoms with Gasteiger partial charge in [-0.25, -0.2) is 14.1 Å². The van der Waals surface area contributed by atoms with Crippen molar-refractivity contribution in [2.75, 3.05) is 11.9 Å². The van der Waals surface area contributed by atoms with Crippen LogP contribution in [0.1, 0.15) is 16.7 Å². The van der Waals surface area contributed by atoms with Crippen molar-refractivity contribution in [1.29, 1.82) is 5.26 Å². The Bertz CT molecular complexity index is 1460. The largest absolute Gasteiger partial charge is 0.486 e. The molecular formula is C26H17Cl2FN4O4. The van der Waals surface area contributed by atoms with Crippen molar-refractivity contribution in [2.45, 2.75) is 6.61 Å². The number of nitrogens with zero attached hydrogens (tertiary/aromatic N) is 2. The number of urea groups is 1. The van der Waals surface area contributed by atoms with Crippen molar-refractivity contribution >= 4 is 52.8 Å². The van der Waals surface area contributed by atoms with Gasteiger partial charge in [0.25, 0.3) is 5.91 Å². The molecule has 0 unspecified atom stereocenters. The van der Waals surface area contributed by atoms with Gasteiger partial charge in [-0.05, 0) is 42.0 Å². The van der Waals surface area contributed by atoms with E-state index in [4.69, 9.17) is 27.9 Å². The van der Waals surface area contributed by atoms with Crippen LogP contribution in [0.25, 0.3) is 6.08 Å². The predicted octanol–water partition coefficient (Wildman–Crippen LogP) is 5.11. The third-order valence-electron chi connectivity index (χ3n) is 5.25. The molecule has 0 bridgehead atoms. The van der Waals surface area contributed by atoms with Crippen molar-refractivity contribution in [3.05, 3.63) is 98.9 Å². The van der Waals surface area contributed by atoms with Crippen LogP contribution in [0.4, 0.5) is 14.9 Å². The summed E-state index contributed by atoms with van der Waals surface area (Å²) in [5.41, 5.74) is 1.33. The lowest BCUT2D eigenvalue weighted by Gasteiger charge is -2.12. The molecule has 1 fully saturated rings. The van der Waals surface area contributed by atoms with E-state index in [1.54, 1.807) is 24.3 Å². The highest BCUT2D eigenvalue weighted by Crippen LogP contribution is 2.35. The van der Waals surface area contributed by atoms with Crippen LogP contribution in [0.3, 0.4) is 0 Å². The van der Waals surface area contributed by atoms with E-state index >= 15 is 0 Å². The molecule has 0 spiro atoms. The summed E-state index contributed by atoms with van der Waals surface area (Å²) in [4.78, 5) is 38.0. The normalized spacial score (nSPS) is 13.9. The fourth-order valence-corrected chi connectivity index (χ4v) is 4.10. The summed E-state index contributed by atoms with van der Waals surface area (Å²) >= 11 is 12.7. The van der Waals surface area contributed by atoms with E-state index in [1.165, 1.54) is 42.5 Å². The topological polar surface area (TPSA) is 112 Å². The van der Waals surface area contributed by atoms with E-state index in [1.807, 2.05) is 0 Å². The molecule has 2 N–H and O–H groups in total. The number of nitrogens with one attached hydrogen (secondary N) is 2. The van der Waals surface area contributed by atoms with Crippen LogP contribution in [0, 0.1) is 17.1 Å². The van der Waals surface area contributed by atoms with Gasteiger partial charge in [0.15, 0.2) is 5.75 Å². The van der Waals surface area contributed by atoms with Crippen molar-refractivity contribution in [3.63, 3.8) is 0 Å². The number of rotatable bonds is 7. The summed E-state index contributed by atoms with van der Waals surface area (Å²) in [6.07, 6.45) is 1.35. The Hall–Kier alpha value is -4.39. The molecule has 37 heavy (non-hydrogen) atoms. The van der Waals surface area contributed by atoms with Crippen LogP contribution >= 0.6 is 23.2 Å². The minimum Gasteiger partial charge on any atom is -0.486 e. The molecule has 0 atom stereocenters. The lowest BCUT2D eigenvalue weighted by atomic mass is 10.1. The van der Waals surface area contributed by atoms with Gasteiger partial charge >= 0.3 is 6.03 Å². The molecular weight excluding hydrogens is 522 g/mol. The van der Waals surface area contributed by atoms with Gasteiger partial charge < -0.3 is 15.4 Å². The van der Waals surface area contributed by atoms with Crippen LogP contribution < -0.4 is 15.4 Å². The number of benzene rings is 3. The Kier molecular flexibility index (Phi) is 7.72. The van der Waals surface area contributed by atoms with Gasteiger partial charge in [0.2, 0.25) is 5.91 Å². The number of amides is 4. The zero-order chi connectivity index (χ0) is 26.5. The Labute approximate surface area is 220 Å². The van der Waals surface area contributed by atoms with Crippen molar-refractivity contribution < 1.29 is 23.5 Å². The first-order valence-corrected chi connectivity index (χ1v) is 11.5. The first-order valence-electron chi connectivity index (χ1n) is 10.8. The highest BCUT2D eigenvalue weighted by molar-refractivity contribution is 6.37. The van der Waals surface area contributed by atoms with Crippen LogP contribution in [0.2, 0.25) is 10.0 Å². The molecule has 0 saturated carbocycles. The summed E-state index contributed by atoms with van der Waals surface area (Å²) in [5, 5.41) is 14.2. The minimum atomic E-state index is -0.812. The van der Waals surface area contributed by atoms with E-state index < -0.39 is 30.2 Å². The average Bonchev–Trinajstić information content (AvgIpc) is 3.12. The van der Waals surface area contributed by atoms with E-state index in [9.17, 15) is 24.0 Å². The molecule has 4 amide bonds. The summed E-state index contributed by atoms with van der Waals surface area (Å²) in [6, 6.07) is 16.7. The fourth-order valence-electron chi connectivity index (χ4n) is 3.48. The van der Waals surface area contributed by atoms with E-state index in [0.29, 0.717) is 21.6 Å². The summed E-state index contributed by atoms with van der Waals surface area (Å²) in [7, 11) is 0. The number of hydrogen-bond donors (Lipinski definition) is 2. The lowest BCUT2D eigenvalue weighted by molar-refractivity contribution is -0.127. The van der Waals surface area contributed by atoms with Crippen LogP contribution in [-0.2, 0) is 16.2 Å². The smallest absolute Gasteiger partial charge is 0.329 e. The number of halogens is 3. The number of nitriles is 1. The summed E-state index contributed by atoms with van der Waals surface area (Å²) < 4.78 is 19.5. The van der Waals surface area contributed by atoms with Crippen molar-refractivity contribution in [3.8, 4) is 11.8 Å². The van der Waals surface area contributed by atoms with Gasteiger partial charge in [-0.1, -0.05) is 53.5 Å². The number of hydrogen-bond acceptors (Lipinski definition) is 5. The number of carbonyl (C=O) groups excluding carboxylic acids is 3. The van der Waals surface area contributed by atoms with E-state index in [-0.39, 0.29) is 33.8 Å². The molecule has 3 aromatic carbocycles. The van der Waals surface area contributed by atoms with Gasteiger partial charge in [-0.3, -0.25) is 9.59 Å².